The molecule has 0 saturated carbocycles. The zero-order valence-electron chi connectivity index (χ0n) is 19.3. The Morgan fingerprint density at radius 3 is 2.79 bits per heavy atom. The molecule has 34 heavy (non-hydrogen) atoms. The molecule has 1 fully saturated rings. The molecule has 3 N–H and O–H groups in total. The van der Waals surface area contributed by atoms with E-state index in [0.717, 1.165) is 54.0 Å². The van der Waals surface area contributed by atoms with Gasteiger partial charge in [0.2, 0.25) is 11.9 Å². The quantitative estimate of drug-likeness (QED) is 0.475. The van der Waals surface area contributed by atoms with Gasteiger partial charge in [0.05, 0.1) is 17.3 Å². The van der Waals surface area contributed by atoms with E-state index in [4.69, 9.17) is 15.7 Å². The number of rotatable bonds is 5. The number of carbonyl (C=O) groups excluding carboxylic acids is 1. The Hall–Kier alpha value is -3.71. The molecular weight excluding hydrogens is 424 g/mol. The third kappa shape index (κ3) is 3.44. The van der Waals surface area contributed by atoms with E-state index in [2.05, 4.69) is 34.5 Å². The van der Waals surface area contributed by atoms with E-state index in [1.807, 2.05) is 35.8 Å². The third-order valence-corrected chi connectivity index (χ3v) is 7.15. The summed E-state index contributed by atoms with van der Waals surface area (Å²) in [6, 6.07) is 18.3. The average Bonchev–Trinajstić information content (AvgIpc) is 3.46. The van der Waals surface area contributed by atoms with E-state index in [1.54, 1.807) is 6.07 Å². The molecule has 1 atom stereocenters. The number of nitrogens with zero attached hydrogens (tertiary/aromatic N) is 4. The Labute approximate surface area is 198 Å². The number of nitrogens with two attached hydrogens (primary N) is 1. The summed E-state index contributed by atoms with van der Waals surface area (Å²) in [5.41, 5.74) is 11.6. The van der Waals surface area contributed by atoms with E-state index in [0.29, 0.717) is 24.1 Å². The second-order valence-corrected chi connectivity index (χ2v) is 9.24. The van der Waals surface area contributed by atoms with Crippen molar-refractivity contribution in [1.29, 1.82) is 0 Å². The minimum atomic E-state index is -0.430. The van der Waals surface area contributed by atoms with Crippen LogP contribution in [0.5, 0.6) is 0 Å². The number of carbonyl (C=O) groups is 1. The number of aromatic nitrogens is 3. The van der Waals surface area contributed by atoms with Crippen molar-refractivity contribution in [3.05, 3.63) is 82.7 Å². The molecule has 0 bridgehead atoms. The van der Waals surface area contributed by atoms with Gasteiger partial charge in [0.15, 0.2) is 0 Å². The molecule has 7 heteroatoms. The number of fused-ring (bicyclic) bond motifs is 4. The van der Waals surface area contributed by atoms with Crippen LogP contribution in [0.25, 0.3) is 16.9 Å². The first-order chi connectivity index (χ1) is 16.6. The molecule has 2 aliphatic heterocycles. The van der Waals surface area contributed by atoms with Crippen LogP contribution in [-0.2, 0) is 13.0 Å². The molecule has 0 aliphatic carbocycles. The van der Waals surface area contributed by atoms with E-state index in [1.165, 1.54) is 17.5 Å². The second-order valence-electron chi connectivity index (χ2n) is 9.24. The Bertz CT molecular complexity index is 1390. The number of nitrogens with one attached hydrogen (secondary N) is 1. The Morgan fingerprint density at radius 1 is 1.12 bits per heavy atom. The first-order valence-electron chi connectivity index (χ1n) is 11.9. The Kier molecular flexibility index (Phi) is 5.07. The van der Waals surface area contributed by atoms with E-state index in [-0.39, 0.29) is 0 Å². The van der Waals surface area contributed by atoms with Crippen molar-refractivity contribution in [1.82, 2.24) is 19.4 Å². The van der Waals surface area contributed by atoms with E-state index >= 15 is 0 Å². The van der Waals surface area contributed by atoms with Crippen LogP contribution in [-0.4, -0.2) is 38.4 Å². The number of hydrogen-bond donors (Lipinski definition) is 2. The van der Waals surface area contributed by atoms with Crippen molar-refractivity contribution in [2.75, 3.05) is 18.4 Å². The third-order valence-electron chi connectivity index (χ3n) is 7.15. The van der Waals surface area contributed by atoms with Crippen LogP contribution in [0.3, 0.4) is 0 Å². The number of anilines is 1. The zero-order valence-corrected chi connectivity index (χ0v) is 19.3. The average molecular weight is 453 g/mol. The van der Waals surface area contributed by atoms with Gasteiger partial charge in [0.1, 0.15) is 5.82 Å². The highest BCUT2D eigenvalue weighted by Crippen LogP contribution is 2.39. The first kappa shape index (κ1) is 20.9. The van der Waals surface area contributed by atoms with Gasteiger partial charge in [-0.25, -0.2) is 4.98 Å². The largest absolute Gasteiger partial charge is 0.366 e. The highest BCUT2D eigenvalue weighted by Gasteiger charge is 2.35. The molecule has 1 unspecified atom stereocenters. The van der Waals surface area contributed by atoms with Gasteiger partial charge in [-0.1, -0.05) is 36.4 Å². The van der Waals surface area contributed by atoms with Crippen molar-refractivity contribution >= 4 is 22.6 Å². The first-order valence-corrected chi connectivity index (χ1v) is 11.9. The van der Waals surface area contributed by atoms with Crippen LogP contribution in [0.15, 0.2) is 54.6 Å². The van der Waals surface area contributed by atoms with Crippen LogP contribution in [0.2, 0.25) is 0 Å². The van der Waals surface area contributed by atoms with Crippen molar-refractivity contribution in [3.8, 4) is 5.95 Å². The van der Waals surface area contributed by atoms with Crippen molar-refractivity contribution in [2.45, 2.75) is 38.8 Å². The lowest BCUT2D eigenvalue weighted by atomic mass is 9.98. The summed E-state index contributed by atoms with van der Waals surface area (Å²) in [4.78, 5) is 24.8. The SMILES string of the molecule is Cc1cc2c(C(N)=O)cccc2n1-c1nc(NCc2ccccc2)c2c(n1)C1CCCN1CC2. The molecule has 2 aromatic carbocycles. The molecule has 0 spiro atoms. The fourth-order valence-corrected chi connectivity index (χ4v) is 5.54. The predicted octanol–water partition coefficient (Wildman–Crippen LogP) is 4.13. The second kappa shape index (κ2) is 8.25. The summed E-state index contributed by atoms with van der Waals surface area (Å²) in [5, 5.41) is 4.44. The molecule has 1 saturated heterocycles. The minimum absolute atomic E-state index is 0.339. The molecule has 1 amide bonds. The maximum atomic E-state index is 12.0. The summed E-state index contributed by atoms with van der Waals surface area (Å²) in [6.07, 6.45) is 3.27. The maximum absolute atomic E-state index is 12.0. The summed E-state index contributed by atoms with van der Waals surface area (Å²) >= 11 is 0. The highest BCUT2D eigenvalue weighted by molar-refractivity contribution is 6.06. The van der Waals surface area contributed by atoms with Gasteiger partial charge in [-0.15, -0.1) is 0 Å². The topological polar surface area (TPSA) is 89.1 Å². The van der Waals surface area contributed by atoms with Crippen molar-refractivity contribution in [2.24, 2.45) is 5.73 Å². The van der Waals surface area contributed by atoms with E-state index < -0.39 is 5.91 Å². The maximum Gasteiger partial charge on any atom is 0.249 e. The molecule has 6 rings (SSSR count). The summed E-state index contributed by atoms with van der Waals surface area (Å²) < 4.78 is 2.05. The normalized spacial score (nSPS) is 17.5. The van der Waals surface area contributed by atoms with Crippen LogP contribution in [0.4, 0.5) is 5.82 Å². The fraction of sp³-hybridized carbons (Fsp3) is 0.296. The Balaban J connectivity index is 1.50. The van der Waals surface area contributed by atoms with Crippen LogP contribution in [0.1, 0.15) is 51.8 Å². The summed E-state index contributed by atoms with van der Waals surface area (Å²) in [7, 11) is 0. The number of amides is 1. The van der Waals surface area contributed by atoms with Crippen LogP contribution >= 0.6 is 0 Å². The molecule has 2 aromatic heterocycles. The lowest BCUT2D eigenvalue weighted by Gasteiger charge is -2.32. The molecule has 7 nitrogen and oxygen atoms in total. The number of primary amides is 1. The van der Waals surface area contributed by atoms with E-state index in [9.17, 15) is 4.79 Å². The summed E-state index contributed by atoms with van der Waals surface area (Å²) in [6.45, 7) is 4.90. The molecular formula is C27H28N6O. The van der Waals surface area contributed by atoms with Crippen molar-refractivity contribution < 1.29 is 4.79 Å². The number of benzene rings is 2. The smallest absolute Gasteiger partial charge is 0.249 e. The van der Waals surface area contributed by atoms with Gasteiger partial charge in [-0.05, 0) is 56.5 Å². The van der Waals surface area contributed by atoms with Gasteiger partial charge in [-0.2, -0.15) is 4.98 Å². The number of hydrogen-bond acceptors (Lipinski definition) is 5. The molecule has 4 aromatic rings. The monoisotopic (exact) mass is 452 g/mol. The highest BCUT2D eigenvalue weighted by atomic mass is 16.1. The molecule has 4 heterocycles. The van der Waals surface area contributed by atoms with Gasteiger partial charge in [-0.3, -0.25) is 14.3 Å². The Morgan fingerprint density at radius 2 is 1.97 bits per heavy atom. The van der Waals surface area contributed by atoms with Gasteiger partial charge in [0, 0.05) is 35.3 Å². The van der Waals surface area contributed by atoms with Crippen LogP contribution < -0.4 is 11.1 Å². The zero-order chi connectivity index (χ0) is 23.2. The van der Waals surface area contributed by atoms with Gasteiger partial charge < -0.3 is 11.1 Å². The van der Waals surface area contributed by atoms with Gasteiger partial charge in [0.25, 0.3) is 0 Å². The molecule has 0 radical (unpaired) electrons. The standard InChI is InChI=1S/C27H28N6O/c1-17-15-21-19(25(28)34)9-5-10-22(21)33(17)27-30-24-20(12-14-32-13-6-11-23(24)32)26(31-27)29-16-18-7-3-2-4-8-18/h2-5,7-10,15,23H,6,11-14,16H2,1H3,(H2,28,34)(H,29,30,31). The predicted molar refractivity (Wildman–Crippen MR) is 133 cm³/mol. The van der Waals surface area contributed by atoms with Crippen molar-refractivity contribution in [3.63, 3.8) is 0 Å². The van der Waals surface area contributed by atoms with Crippen LogP contribution in [0, 0.1) is 6.92 Å². The molecule has 2 aliphatic rings. The lowest BCUT2D eigenvalue weighted by Crippen LogP contribution is -2.33. The fourth-order valence-electron chi connectivity index (χ4n) is 5.54. The summed E-state index contributed by atoms with van der Waals surface area (Å²) in [5.74, 6) is 1.11. The minimum Gasteiger partial charge on any atom is -0.366 e. The lowest BCUT2D eigenvalue weighted by molar-refractivity contribution is 0.100. The number of aryl methyl sites for hydroxylation is 1. The molecule has 172 valence electrons. The van der Waals surface area contributed by atoms with Gasteiger partial charge >= 0.3 is 0 Å².